The van der Waals surface area contributed by atoms with Gasteiger partial charge in [-0.2, -0.15) is 0 Å². The van der Waals surface area contributed by atoms with Crippen LogP contribution in [-0.4, -0.2) is 60.2 Å². The molecule has 7 nitrogen and oxygen atoms in total. The Balaban J connectivity index is 1.40. The van der Waals surface area contributed by atoms with E-state index >= 15 is 0 Å². The van der Waals surface area contributed by atoms with Gasteiger partial charge >= 0.3 is 6.03 Å². The number of amides is 2. The van der Waals surface area contributed by atoms with E-state index in [2.05, 4.69) is 30.8 Å². The smallest absolute Gasteiger partial charge is 0.321 e. The Bertz CT molecular complexity index is 995. The Kier molecular flexibility index (Phi) is 6.20. The topological polar surface area (TPSA) is 85.1 Å². The van der Waals surface area contributed by atoms with Gasteiger partial charge < -0.3 is 15.6 Å². The first-order valence-corrected chi connectivity index (χ1v) is 10.3. The number of anilines is 1. The molecule has 0 unspecified atom stereocenters. The molecule has 29 heavy (non-hydrogen) atoms. The summed E-state index contributed by atoms with van der Waals surface area (Å²) < 4.78 is 0. The highest BCUT2D eigenvalue weighted by molar-refractivity contribution is 6.39. The van der Waals surface area contributed by atoms with E-state index in [1.54, 1.807) is 12.1 Å². The average Bonchev–Trinajstić information content (AvgIpc) is 3.10. The predicted molar refractivity (Wildman–Crippen MR) is 118 cm³/mol. The number of nitrogens with zero attached hydrogens (tertiary/aromatic N) is 2. The highest BCUT2D eigenvalue weighted by Crippen LogP contribution is 2.35. The van der Waals surface area contributed by atoms with Gasteiger partial charge in [0.2, 0.25) is 5.95 Å². The van der Waals surface area contributed by atoms with Crippen LogP contribution in [-0.2, 0) is 0 Å². The van der Waals surface area contributed by atoms with Crippen LogP contribution in [0.5, 0.6) is 0 Å². The summed E-state index contributed by atoms with van der Waals surface area (Å²) in [7, 11) is 0. The number of piperazine rings is 1. The molecule has 0 radical (unpaired) electrons. The summed E-state index contributed by atoms with van der Waals surface area (Å²) in [5, 5.41) is 10.1. The van der Waals surface area contributed by atoms with Gasteiger partial charge in [-0.3, -0.25) is 10.2 Å². The predicted octanol–water partition coefficient (Wildman–Crippen LogP) is 3.56. The Morgan fingerprint density at radius 1 is 1.14 bits per heavy atom. The van der Waals surface area contributed by atoms with E-state index in [9.17, 15) is 4.79 Å². The van der Waals surface area contributed by atoms with E-state index in [0.29, 0.717) is 22.5 Å². The third-order valence-electron chi connectivity index (χ3n) is 4.89. The number of benzene rings is 2. The molecule has 2 aromatic carbocycles. The molecule has 1 aliphatic rings. The lowest BCUT2D eigenvalue weighted by molar-refractivity contribution is 0.233. The number of H-pyrrole nitrogens is 1. The number of nitrogens with one attached hydrogen (secondary N) is 4. The number of aromatic amines is 1. The lowest BCUT2D eigenvalue weighted by Gasteiger charge is -2.27. The van der Waals surface area contributed by atoms with Gasteiger partial charge in [-0.15, -0.1) is 0 Å². The van der Waals surface area contributed by atoms with Crippen LogP contribution in [0.2, 0.25) is 10.0 Å². The summed E-state index contributed by atoms with van der Waals surface area (Å²) in [6.07, 6.45) is 0. The fourth-order valence-electron chi connectivity index (χ4n) is 3.41. The highest BCUT2D eigenvalue weighted by Gasteiger charge is 2.12. The second kappa shape index (κ2) is 9.00. The molecule has 4 N–H and O–H groups in total. The third-order valence-corrected chi connectivity index (χ3v) is 5.52. The van der Waals surface area contributed by atoms with E-state index in [-0.39, 0.29) is 6.03 Å². The van der Waals surface area contributed by atoms with Crippen LogP contribution in [0.3, 0.4) is 0 Å². The van der Waals surface area contributed by atoms with Crippen molar-refractivity contribution in [2.75, 3.05) is 44.6 Å². The Morgan fingerprint density at radius 3 is 2.66 bits per heavy atom. The monoisotopic (exact) mass is 432 g/mol. The molecule has 0 atom stereocenters. The number of hydrogen-bond donors (Lipinski definition) is 4. The van der Waals surface area contributed by atoms with Gasteiger partial charge in [0.25, 0.3) is 0 Å². The van der Waals surface area contributed by atoms with E-state index in [0.717, 1.165) is 54.9 Å². The van der Waals surface area contributed by atoms with Crippen molar-refractivity contribution >= 4 is 46.2 Å². The SMILES string of the molecule is O=C(NCCN1CCNCC1)Nc1nc2ccc(-c3c(Cl)cccc3Cl)cc2[nH]1. The first-order chi connectivity index (χ1) is 14.1. The molecular weight excluding hydrogens is 411 g/mol. The zero-order valence-corrected chi connectivity index (χ0v) is 17.3. The van der Waals surface area contributed by atoms with E-state index in [4.69, 9.17) is 23.2 Å². The van der Waals surface area contributed by atoms with Crippen molar-refractivity contribution in [1.29, 1.82) is 0 Å². The van der Waals surface area contributed by atoms with Gasteiger partial charge in [0, 0.05) is 54.9 Å². The van der Waals surface area contributed by atoms with Crippen LogP contribution in [0.25, 0.3) is 22.2 Å². The van der Waals surface area contributed by atoms with Crippen molar-refractivity contribution in [1.82, 2.24) is 25.5 Å². The second-order valence-corrected chi connectivity index (χ2v) is 7.70. The molecule has 0 bridgehead atoms. The molecule has 1 fully saturated rings. The molecule has 2 amide bonds. The van der Waals surface area contributed by atoms with Gasteiger partial charge in [-0.25, -0.2) is 9.78 Å². The molecule has 3 aromatic rings. The number of fused-ring (bicyclic) bond motifs is 1. The van der Waals surface area contributed by atoms with Gasteiger partial charge in [-0.05, 0) is 29.8 Å². The Labute approximate surface area is 178 Å². The quantitative estimate of drug-likeness (QED) is 0.496. The van der Waals surface area contributed by atoms with Gasteiger partial charge in [0.15, 0.2) is 0 Å². The van der Waals surface area contributed by atoms with Crippen LogP contribution < -0.4 is 16.0 Å². The molecule has 9 heteroatoms. The lowest BCUT2D eigenvalue weighted by Crippen LogP contribution is -2.46. The standard InChI is InChI=1S/C20H22Cl2N6O/c21-14-2-1-3-15(22)18(14)13-4-5-16-17(12-13)26-19(25-16)27-20(29)24-8-11-28-9-6-23-7-10-28/h1-5,12,23H,6-11H2,(H3,24,25,26,27,29). The molecule has 2 heterocycles. The minimum atomic E-state index is -0.284. The minimum absolute atomic E-state index is 0.284. The molecule has 1 saturated heterocycles. The normalized spacial score (nSPS) is 14.8. The van der Waals surface area contributed by atoms with Crippen LogP contribution in [0.15, 0.2) is 36.4 Å². The maximum absolute atomic E-state index is 12.2. The molecule has 0 spiro atoms. The van der Waals surface area contributed by atoms with Crippen molar-refractivity contribution < 1.29 is 4.79 Å². The minimum Gasteiger partial charge on any atom is -0.337 e. The summed E-state index contributed by atoms with van der Waals surface area (Å²) in [5.41, 5.74) is 3.18. The number of aromatic nitrogens is 2. The first-order valence-electron chi connectivity index (χ1n) is 9.52. The highest BCUT2D eigenvalue weighted by atomic mass is 35.5. The molecular formula is C20H22Cl2N6O. The van der Waals surface area contributed by atoms with Crippen molar-refractivity contribution in [3.8, 4) is 11.1 Å². The van der Waals surface area contributed by atoms with Crippen molar-refractivity contribution in [3.63, 3.8) is 0 Å². The summed E-state index contributed by atoms with van der Waals surface area (Å²) in [5.74, 6) is 0.391. The van der Waals surface area contributed by atoms with E-state index < -0.39 is 0 Å². The Morgan fingerprint density at radius 2 is 1.90 bits per heavy atom. The van der Waals surface area contributed by atoms with Crippen LogP contribution in [0.1, 0.15) is 0 Å². The van der Waals surface area contributed by atoms with Crippen molar-refractivity contribution in [2.45, 2.75) is 0 Å². The van der Waals surface area contributed by atoms with Gasteiger partial charge in [0.1, 0.15) is 0 Å². The number of carbonyl (C=O) groups is 1. The third kappa shape index (κ3) is 4.82. The maximum Gasteiger partial charge on any atom is 0.321 e. The fraction of sp³-hybridized carbons (Fsp3) is 0.300. The Hall–Kier alpha value is -2.32. The summed E-state index contributed by atoms with van der Waals surface area (Å²) in [6, 6.07) is 10.8. The van der Waals surface area contributed by atoms with Gasteiger partial charge in [-0.1, -0.05) is 35.3 Å². The summed E-state index contributed by atoms with van der Waals surface area (Å²) in [6.45, 7) is 5.41. The fourth-order valence-corrected chi connectivity index (χ4v) is 4.03. The molecule has 0 aliphatic carbocycles. The molecule has 152 valence electrons. The molecule has 0 saturated carbocycles. The molecule has 4 rings (SSSR count). The molecule has 1 aliphatic heterocycles. The van der Waals surface area contributed by atoms with Crippen LogP contribution >= 0.6 is 23.2 Å². The summed E-state index contributed by atoms with van der Waals surface area (Å²) in [4.78, 5) is 22.0. The molecule has 1 aromatic heterocycles. The number of carbonyl (C=O) groups excluding carboxylic acids is 1. The summed E-state index contributed by atoms with van der Waals surface area (Å²) >= 11 is 12.6. The zero-order chi connectivity index (χ0) is 20.2. The maximum atomic E-state index is 12.2. The zero-order valence-electron chi connectivity index (χ0n) is 15.8. The van der Waals surface area contributed by atoms with Crippen molar-refractivity contribution in [2.24, 2.45) is 0 Å². The lowest BCUT2D eigenvalue weighted by atomic mass is 10.1. The average molecular weight is 433 g/mol. The second-order valence-electron chi connectivity index (χ2n) is 6.89. The van der Waals surface area contributed by atoms with Gasteiger partial charge in [0.05, 0.1) is 11.0 Å². The van der Waals surface area contributed by atoms with E-state index in [1.165, 1.54) is 0 Å². The van der Waals surface area contributed by atoms with Crippen LogP contribution in [0.4, 0.5) is 10.7 Å². The first kappa shape index (κ1) is 20.0. The number of hydrogen-bond acceptors (Lipinski definition) is 4. The number of imidazole rings is 1. The van der Waals surface area contributed by atoms with Crippen molar-refractivity contribution in [3.05, 3.63) is 46.4 Å². The number of halogens is 2. The number of urea groups is 1. The van der Waals surface area contributed by atoms with E-state index in [1.807, 2.05) is 24.3 Å². The number of rotatable bonds is 5. The largest absolute Gasteiger partial charge is 0.337 e. The van der Waals surface area contributed by atoms with Crippen LogP contribution in [0, 0.1) is 0 Å².